The van der Waals surface area contributed by atoms with Gasteiger partial charge in [0.1, 0.15) is 34.8 Å². The Kier molecular flexibility index (Phi) is 20.9. The number of carbonyl (C=O) groups excluding carboxylic acids is 3. The van der Waals surface area contributed by atoms with Crippen molar-refractivity contribution in [1.82, 2.24) is 19.7 Å². The van der Waals surface area contributed by atoms with Crippen LogP contribution in [0.5, 0.6) is 0 Å². The van der Waals surface area contributed by atoms with E-state index >= 15 is 0 Å². The summed E-state index contributed by atoms with van der Waals surface area (Å²) in [6.07, 6.45) is -8.72. The number of amides is 1. The number of nitrogens with zero attached hydrogens (tertiary/aromatic N) is 3. The lowest BCUT2D eigenvalue weighted by atomic mass is 9.75. The minimum Gasteiger partial charge on any atom is -0.477 e. The molecule has 2 aromatic rings. The van der Waals surface area contributed by atoms with Crippen molar-refractivity contribution in [2.45, 2.75) is 191 Å². The molecule has 6 rings (SSSR count). The van der Waals surface area contributed by atoms with Crippen molar-refractivity contribution in [2.75, 3.05) is 60.2 Å². The molecule has 4 saturated heterocycles. The summed E-state index contributed by atoms with van der Waals surface area (Å²) in [5, 5.41) is 48.0. The standard InChI is InChI=1S/C55H86N4O17S/c1-15-40-55(10,68)46(63)30(4)42(60)34-25-54(9,70-28-34)47(75-51-44(62)39(57(11)12)23-29(3)71-51)31(5)45(32(6)50(66)73-40)74-41-26-53(8,69-14)48(33(7)72-41)76-52(67)56-19-20-58(13)21-22-77-35-17-18-38-36(24-35)43(61)37(49(64)65)27-59(38)16-2/h17-18,24,27,29-34,39-41,44-48,51,62-63,68H,15-16,19-23,25-26,28H2,1-14H3,(H,56,67)(H,64,65)/t29-,30+,31+,32-,33+,34+,39+,40-,41+,44-,45+,46-,47-,48+,51+,53-,54-,55-/m1/s1. The van der Waals surface area contributed by atoms with E-state index in [0.717, 1.165) is 4.90 Å². The molecule has 21 nitrogen and oxygen atoms in total. The number of nitrogens with one attached hydrogen (secondary N) is 1. The molecule has 434 valence electrons. The van der Waals surface area contributed by atoms with Crippen LogP contribution >= 0.6 is 11.8 Å². The molecule has 4 aliphatic rings. The van der Waals surface area contributed by atoms with Crippen molar-refractivity contribution in [1.29, 1.82) is 0 Å². The predicted molar refractivity (Wildman–Crippen MR) is 286 cm³/mol. The minimum absolute atomic E-state index is 0.0157. The van der Waals surface area contributed by atoms with Gasteiger partial charge in [0.05, 0.1) is 54.2 Å². The van der Waals surface area contributed by atoms with Gasteiger partial charge in [0.2, 0.25) is 5.43 Å². The number of aliphatic hydroxyl groups excluding tert-OH is 2. The highest BCUT2D eigenvalue weighted by molar-refractivity contribution is 7.99. The van der Waals surface area contributed by atoms with E-state index in [0.29, 0.717) is 42.7 Å². The van der Waals surface area contributed by atoms with Gasteiger partial charge < -0.3 is 78.0 Å². The summed E-state index contributed by atoms with van der Waals surface area (Å²) in [5.74, 6) is -5.31. The highest BCUT2D eigenvalue weighted by atomic mass is 32.2. The van der Waals surface area contributed by atoms with Crippen molar-refractivity contribution in [3.05, 3.63) is 40.2 Å². The summed E-state index contributed by atoms with van der Waals surface area (Å²) < 4.78 is 53.1. The lowest BCUT2D eigenvalue weighted by Crippen LogP contribution is -2.61. The van der Waals surface area contributed by atoms with Gasteiger partial charge >= 0.3 is 18.0 Å². The van der Waals surface area contributed by atoms with Crippen LogP contribution < -0.4 is 10.7 Å². The van der Waals surface area contributed by atoms with E-state index in [9.17, 15) is 44.4 Å². The molecule has 5 N–H and O–H groups in total. The number of carboxylic acid groups (broad SMARTS) is 1. The Hall–Kier alpha value is -3.78. The molecule has 0 spiro atoms. The highest BCUT2D eigenvalue weighted by Crippen LogP contribution is 2.45. The number of methoxy groups -OCH3 is 1. The van der Waals surface area contributed by atoms with E-state index < -0.39 is 119 Å². The Morgan fingerprint density at radius 1 is 0.948 bits per heavy atom. The number of esters is 1. The van der Waals surface area contributed by atoms with Gasteiger partial charge in [0.25, 0.3) is 0 Å². The predicted octanol–water partition coefficient (Wildman–Crippen LogP) is 4.29. The molecule has 1 aromatic carbocycles. The number of likely N-dealkylation sites (N-methyl/N-ethyl adjacent to an activating group) is 2. The summed E-state index contributed by atoms with van der Waals surface area (Å²) >= 11 is 1.53. The first-order chi connectivity index (χ1) is 36.1. The number of carboxylic acids is 1. The fourth-order valence-electron chi connectivity index (χ4n) is 11.8. The molecule has 1 aromatic heterocycles. The van der Waals surface area contributed by atoms with Gasteiger partial charge in [-0.25, -0.2) is 9.59 Å². The number of thioether (sulfide) groups is 1. The number of aromatic carboxylic acids is 1. The zero-order valence-corrected chi connectivity index (χ0v) is 48.2. The number of cyclic esters (lactones) is 1. The molecule has 4 fully saturated rings. The number of aliphatic hydroxyl groups is 3. The number of alkyl carbamates (subject to hydrolysis) is 1. The number of fused-ring (bicyclic) bond motifs is 3. The van der Waals surface area contributed by atoms with Crippen molar-refractivity contribution in [3.8, 4) is 0 Å². The van der Waals surface area contributed by atoms with E-state index in [1.54, 1.807) is 45.3 Å². The molecule has 22 heteroatoms. The van der Waals surface area contributed by atoms with E-state index in [-0.39, 0.29) is 55.9 Å². The molecule has 0 radical (unpaired) electrons. The van der Waals surface area contributed by atoms with Crippen LogP contribution in [-0.4, -0.2) is 203 Å². The van der Waals surface area contributed by atoms with Gasteiger partial charge in [-0.2, -0.15) is 0 Å². The van der Waals surface area contributed by atoms with Gasteiger partial charge in [-0.3, -0.25) is 14.4 Å². The third kappa shape index (κ3) is 13.9. The van der Waals surface area contributed by atoms with E-state index in [1.165, 1.54) is 32.0 Å². The minimum atomic E-state index is -2.02. The molecule has 0 aliphatic carbocycles. The topological polar surface area (TPSA) is 264 Å². The Morgan fingerprint density at radius 2 is 1.65 bits per heavy atom. The second-order valence-corrected chi connectivity index (χ2v) is 23.8. The average molecular weight is 1110 g/mol. The maximum Gasteiger partial charge on any atom is 0.407 e. The summed E-state index contributed by atoms with van der Waals surface area (Å²) in [6, 6.07) is 5.15. The summed E-state index contributed by atoms with van der Waals surface area (Å²) in [5.41, 5.74) is -4.55. The van der Waals surface area contributed by atoms with Crippen molar-refractivity contribution < 1.29 is 77.5 Å². The molecule has 4 aliphatic heterocycles. The smallest absolute Gasteiger partial charge is 0.407 e. The third-order valence-electron chi connectivity index (χ3n) is 16.6. The number of rotatable bonds is 17. The van der Waals surface area contributed by atoms with Crippen LogP contribution in [0.25, 0.3) is 10.9 Å². The fourth-order valence-corrected chi connectivity index (χ4v) is 12.8. The third-order valence-corrected chi connectivity index (χ3v) is 17.6. The summed E-state index contributed by atoms with van der Waals surface area (Å²) in [7, 11) is 7.15. The number of aromatic nitrogens is 1. The van der Waals surface area contributed by atoms with Gasteiger partial charge in [-0.05, 0) is 107 Å². The number of hydrogen-bond donors (Lipinski definition) is 5. The average Bonchev–Trinajstić information content (AvgIpc) is 3.79. The lowest BCUT2D eigenvalue weighted by molar-refractivity contribution is -0.317. The monoisotopic (exact) mass is 1110 g/mol. The number of Topliss-reactive ketones (excluding diaryl/α,β-unsaturated/α-hetero) is 1. The maximum atomic E-state index is 14.5. The van der Waals surface area contributed by atoms with Gasteiger partial charge in [0, 0.05) is 85.7 Å². The molecular formula is C55H86N4O17S. The van der Waals surface area contributed by atoms with Crippen LogP contribution in [0.1, 0.15) is 105 Å². The maximum absolute atomic E-state index is 14.5. The van der Waals surface area contributed by atoms with Crippen LogP contribution in [0.2, 0.25) is 0 Å². The number of ketones is 1. The van der Waals surface area contributed by atoms with Gasteiger partial charge in [0.15, 0.2) is 18.7 Å². The Morgan fingerprint density at radius 3 is 2.29 bits per heavy atom. The number of hydrogen-bond acceptors (Lipinski definition) is 19. The Balaban J connectivity index is 1.16. The zero-order valence-electron chi connectivity index (χ0n) is 47.4. The molecule has 0 unspecified atom stereocenters. The van der Waals surface area contributed by atoms with Crippen LogP contribution in [-0.2, 0) is 54.0 Å². The number of pyridine rings is 1. The second kappa shape index (κ2) is 25.8. The number of ether oxygens (including phenoxy) is 8. The van der Waals surface area contributed by atoms with Crippen LogP contribution in [0.4, 0.5) is 4.79 Å². The molecule has 0 saturated carbocycles. The number of benzene rings is 1. The van der Waals surface area contributed by atoms with E-state index in [4.69, 9.17) is 37.9 Å². The van der Waals surface area contributed by atoms with Crippen molar-refractivity contribution in [2.24, 2.45) is 23.7 Å². The second-order valence-electron chi connectivity index (χ2n) is 22.6. The lowest BCUT2D eigenvalue weighted by Gasteiger charge is -2.49. The quantitative estimate of drug-likeness (QED) is 0.109. The van der Waals surface area contributed by atoms with Crippen LogP contribution in [0.15, 0.2) is 34.1 Å². The van der Waals surface area contributed by atoms with E-state index in [1.807, 2.05) is 70.8 Å². The van der Waals surface area contributed by atoms with Crippen LogP contribution in [0, 0.1) is 23.7 Å². The van der Waals surface area contributed by atoms with Crippen LogP contribution in [0.3, 0.4) is 0 Å². The molecule has 77 heavy (non-hydrogen) atoms. The molecule has 1 amide bonds. The van der Waals surface area contributed by atoms with Gasteiger partial charge in [-0.15, -0.1) is 11.8 Å². The molecular weight excluding hydrogens is 1020 g/mol. The molecule has 5 heterocycles. The fraction of sp³-hybridized carbons (Fsp3) is 0.764. The SMILES string of the molecule is CC[C@H]1OC(=O)[C@H](C)[C@@H](O[C@H]2C[C@@](C)(OC)[C@@H](OC(=O)NCCN(C)CCSc3ccc4c(c3)c(=O)c(C(=O)O)cn4CC)[C@H](C)O2)[C@H](C)[C@@H](O[C@@H]2O[C@H](C)C[C@H](N(C)C)[C@H]2O)[C@@]2(C)C[C@@H](CO2)C(=O)[C@H](C)[C@@H](O)[C@]1(C)O. The first-order valence-electron chi connectivity index (χ1n) is 27.1. The Bertz CT molecular complexity index is 2440. The number of carbonyl (C=O) groups is 4. The summed E-state index contributed by atoms with van der Waals surface area (Å²) in [6.45, 7) is 19.0. The first-order valence-corrected chi connectivity index (χ1v) is 28.1. The van der Waals surface area contributed by atoms with Crippen molar-refractivity contribution >= 4 is 46.5 Å². The first kappa shape index (κ1) is 62.4. The number of aryl methyl sites for hydroxylation is 1. The van der Waals surface area contributed by atoms with Crippen molar-refractivity contribution in [3.63, 3.8) is 0 Å². The zero-order chi connectivity index (χ0) is 57.1. The molecule has 18 atom stereocenters. The highest BCUT2D eigenvalue weighted by Gasteiger charge is 2.57. The molecule has 2 bridgehead atoms. The van der Waals surface area contributed by atoms with Gasteiger partial charge in [-0.1, -0.05) is 20.8 Å². The Labute approximate surface area is 456 Å². The normalized spacial score (nSPS) is 37.4. The van der Waals surface area contributed by atoms with E-state index in [2.05, 4.69) is 5.32 Å². The largest absolute Gasteiger partial charge is 0.477 e. The summed E-state index contributed by atoms with van der Waals surface area (Å²) in [4.78, 5) is 71.7.